The van der Waals surface area contributed by atoms with E-state index in [1.165, 1.54) is 16.5 Å². The van der Waals surface area contributed by atoms with E-state index < -0.39 is 0 Å². The average Bonchev–Trinajstić information content (AvgIpc) is 2.95. The number of fused-ring (bicyclic) bond motifs is 1. The Hall–Kier alpha value is -1.48. The maximum atomic E-state index is 6.45. The van der Waals surface area contributed by atoms with Gasteiger partial charge < -0.3 is 10.7 Å². The first kappa shape index (κ1) is 17.3. The summed E-state index contributed by atoms with van der Waals surface area (Å²) in [7, 11) is 0. The summed E-state index contributed by atoms with van der Waals surface area (Å²) in [6, 6.07) is 12.2. The van der Waals surface area contributed by atoms with Crippen LogP contribution in [0.3, 0.4) is 0 Å². The minimum Gasteiger partial charge on any atom is -0.354 e. The number of aromatic amines is 1. The topological polar surface area (TPSA) is 41.8 Å². The molecule has 4 heteroatoms. The number of hydrogen-bond acceptors (Lipinski definition) is 1. The lowest BCUT2D eigenvalue weighted by atomic mass is 9.99. The lowest BCUT2D eigenvalue weighted by molar-refractivity contribution is 0.748. The van der Waals surface area contributed by atoms with Gasteiger partial charge in [0.15, 0.2) is 0 Å². The Morgan fingerprint density at radius 3 is 2.62 bits per heavy atom. The molecule has 0 aliphatic rings. The molecule has 0 atom stereocenters. The van der Waals surface area contributed by atoms with Crippen LogP contribution >= 0.6 is 23.2 Å². The van der Waals surface area contributed by atoms with Crippen molar-refractivity contribution in [2.24, 2.45) is 5.73 Å². The number of halogens is 2. The van der Waals surface area contributed by atoms with Gasteiger partial charge in [-0.25, -0.2) is 0 Å². The van der Waals surface area contributed by atoms with Crippen LogP contribution in [0.1, 0.15) is 30.9 Å². The van der Waals surface area contributed by atoms with Crippen LogP contribution in [0.15, 0.2) is 36.4 Å². The number of H-pyrrole nitrogens is 1. The van der Waals surface area contributed by atoms with Crippen LogP contribution in [0, 0.1) is 0 Å². The van der Waals surface area contributed by atoms with E-state index in [0.717, 1.165) is 49.0 Å². The molecule has 3 N–H and O–H groups in total. The number of nitrogens with two attached hydrogens (primary N) is 1. The molecule has 0 saturated carbocycles. The number of rotatable bonds is 6. The van der Waals surface area contributed by atoms with Crippen molar-refractivity contribution in [3.05, 3.63) is 57.6 Å². The van der Waals surface area contributed by atoms with E-state index in [1.54, 1.807) is 0 Å². The van der Waals surface area contributed by atoms with Crippen molar-refractivity contribution in [1.29, 1.82) is 0 Å². The van der Waals surface area contributed by atoms with Crippen LogP contribution in [-0.4, -0.2) is 11.5 Å². The van der Waals surface area contributed by atoms with E-state index in [0.29, 0.717) is 10.0 Å². The number of aryl methyl sites for hydroxylation is 2. The van der Waals surface area contributed by atoms with Gasteiger partial charge in [-0.2, -0.15) is 0 Å². The lowest BCUT2D eigenvalue weighted by Crippen LogP contribution is -1.99. The van der Waals surface area contributed by atoms with Gasteiger partial charge in [-0.15, -0.1) is 0 Å². The van der Waals surface area contributed by atoms with E-state index in [-0.39, 0.29) is 0 Å². The third-order valence-electron chi connectivity index (χ3n) is 4.46. The highest BCUT2D eigenvalue weighted by atomic mass is 35.5. The summed E-state index contributed by atoms with van der Waals surface area (Å²) >= 11 is 12.7. The van der Waals surface area contributed by atoms with E-state index in [2.05, 4.69) is 30.1 Å². The molecule has 0 saturated heterocycles. The first-order valence-corrected chi connectivity index (χ1v) is 9.18. The quantitative estimate of drug-likeness (QED) is 0.521. The van der Waals surface area contributed by atoms with Gasteiger partial charge in [-0.3, -0.25) is 0 Å². The second-order valence-corrected chi connectivity index (χ2v) is 6.93. The maximum absolute atomic E-state index is 6.45. The van der Waals surface area contributed by atoms with Crippen molar-refractivity contribution in [3.63, 3.8) is 0 Å². The first-order valence-electron chi connectivity index (χ1n) is 8.43. The Balaban J connectivity index is 2.18. The molecule has 0 aliphatic carbocycles. The van der Waals surface area contributed by atoms with Crippen LogP contribution in [0.2, 0.25) is 10.0 Å². The van der Waals surface area contributed by atoms with E-state index in [9.17, 15) is 0 Å². The van der Waals surface area contributed by atoms with Crippen molar-refractivity contribution in [2.45, 2.75) is 32.6 Å². The molecule has 1 heterocycles. The van der Waals surface area contributed by atoms with Crippen LogP contribution < -0.4 is 5.73 Å². The minimum absolute atomic E-state index is 0.690. The van der Waals surface area contributed by atoms with Gasteiger partial charge in [0.2, 0.25) is 0 Å². The Morgan fingerprint density at radius 2 is 1.88 bits per heavy atom. The number of aromatic nitrogens is 1. The zero-order valence-electron chi connectivity index (χ0n) is 13.8. The van der Waals surface area contributed by atoms with E-state index in [1.807, 2.05) is 18.2 Å². The van der Waals surface area contributed by atoms with E-state index >= 15 is 0 Å². The Labute approximate surface area is 153 Å². The van der Waals surface area contributed by atoms with Crippen molar-refractivity contribution in [1.82, 2.24) is 4.98 Å². The second-order valence-electron chi connectivity index (χ2n) is 6.08. The first-order chi connectivity index (χ1) is 11.6. The Bertz CT molecular complexity index is 852. The number of benzene rings is 2. The Kier molecular flexibility index (Phi) is 5.50. The summed E-state index contributed by atoms with van der Waals surface area (Å²) in [5.74, 6) is 0. The van der Waals surface area contributed by atoms with Crippen molar-refractivity contribution < 1.29 is 0 Å². The molecule has 0 amide bonds. The fourth-order valence-electron chi connectivity index (χ4n) is 3.14. The maximum Gasteiger partial charge on any atom is 0.0512 e. The monoisotopic (exact) mass is 360 g/mol. The summed E-state index contributed by atoms with van der Waals surface area (Å²) in [5, 5.41) is 2.68. The molecule has 0 bridgehead atoms. The second kappa shape index (κ2) is 7.60. The molecular formula is C20H22Cl2N2. The summed E-state index contributed by atoms with van der Waals surface area (Å²) in [6.07, 6.45) is 4.08. The molecule has 2 aromatic carbocycles. The SMILES string of the molecule is CCc1ccc2[nH]c(-c3cc(Cl)ccc3Cl)c(CCCCN)c2c1. The van der Waals surface area contributed by atoms with Gasteiger partial charge in [0, 0.05) is 26.5 Å². The van der Waals surface area contributed by atoms with Crippen LogP contribution in [0.5, 0.6) is 0 Å². The molecule has 3 rings (SSSR count). The summed E-state index contributed by atoms with van der Waals surface area (Å²) in [5.41, 5.74) is 11.5. The molecule has 1 aromatic heterocycles. The molecule has 0 aliphatic heterocycles. The molecule has 2 nitrogen and oxygen atoms in total. The van der Waals surface area contributed by atoms with Crippen molar-refractivity contribution in [3.8, 4) is 11.3 Å². The molecule has 0 fully saturated rings. The van der Waals surface area contributed by atoms with Crippen LogP contribution in [0.4, 0.5) is 0 Å². The molecule has 126 valence electrons. The zero-order valence-corrected chi connectivity index (χ0v) is 15.3. The van der Waals surface area contributed by atoms with Crippen molar-refractivity contribution in [2.75, 3.05) is 6.54 Å². The predicted molar refractivity (Wildman–Crippen MR) is 105 cm³/mol. The zero-order chi connectivity index (χ0) is 17.1. The number of hydrogen-bond donors (Lipinski definition) is 2. The number of nitrogens with one attached hydrogen (secondary N) is 1. The fraction of sp³-hybridized carbons (Fsp3) is 0.300. The molecule has 0 spiro atoms. The van der Waals surface area contributed by atoms with E-state index in [4.69, 9.17) is 28.9 Å². The minimum atomic E-state index is 0.690. The highest BCUT2D eigenvalue weighted by molar-refractivity contribution is 6.35. The van der Waals surface area contributed by atoms with Gasteiger partial charge in [0.1, 0.15) is 0 Å². The van der Waals surface area contributed by atoms with Crippen LogP contribution in [0.25, 0.3) is 22.2 Å². The summed E-state index contributed by atoms with van der Waals surface area (Å²) < 4.78 is 0. The molecule has 0 unspecified atom stereocenters. The number of unbranched alkanes of at least 4 members (excludes halogenated alkanes) is 1. The highest BCUT2D eigenvalue weighted by Crippen LogP contribution is 2.37. The molecule has 24 heavy (non-hydrogen) atoms. The molecule has 0 radical (unpaired) electrons. The lowest BCUT2D eigenvalue weighted by Gasteiger charge is -2.08. The largest absolute Gasteiger partial charge is 0.354 e. The van der Waals surface area contributed by atoms with Gasteiger partial charge in [0.25, 0.3) is 0 Å². The fourth-order valence-corrected chi connectivity index (χ4v) is 3.52. The third-order valence-corrected chi connectivity index (χ3v) is 5.02. The normalized spacial score (nSPS) is 11.3. The van der Waals surface area contributed by atoms with Gasteiger partial charge in [-0.05, 0) is 73.7 Å². The van der Waals surface area contributed by atoms with Gasteiger partial charge in [-0.1, -0.05) is 36.2 Å². The third kappa shape index (κ3) is 3.46. The van der Waals surface area contributed by atoms with Gasteiger partial charge >= 0.3 is 0 Å². The van der Waals surface area contributed by atoms with Crippen molar-refractivity contribution >= 4 is 34.1 Å². The summed E-state index contributed by atoms with van der Waals surface area (Å²) in [4.78, 5) is 3.55. The Morgan fingerprint density at radius 1 is 1.04 bits per heavy atom. The predicted octanol–water partition coefficient (Wildman–Crippen LogP) is 5.99. The molecule has 3 aromatic rings. The van der Waals surface area contributed by atoms with Gasteiger partial charge in [0.05, 0.1) is 5.69 Å². The smallest absolute Gasteiger partial charge is 0.0512 e. The average molecular weight is 361 g/mol. The summed E-state index contributed by atoms with van der Waals surface area (Å²) in [6.45, 7) is 2.90. The van der Waals surface area contributed by atoms with Crippen LogP contribution in [-0.2, 0) is 12.8 Å². The molecular weight excluding hydrogens is 339 g/mol. The highest BCUT2D eigenvalue weighted by Gasteiger charge is 2.16. The standard InChI is InChI=1S/C20H22Cl2N2/c1-2-13-6-9-19-16(11-13)15(5-3-4-10-23)20(24-19)17-12-14(21)7-8-18(17)22/h6-9,11-12,24H,2-5,10,23H2,1H3.